The highest BCUT2D eigenvalue weighted by Crippen LogP contribution is 2.42. The summed E-state index contributed by atoms with van der Waals surface area (Å²) in [5, 5.41) is 0. The van der Waals surface area contributed by atoms with E-state index < -0.39 is 0 Å². The maximum Gasteiger partial charge on any atom is -0.00985 e. The van der Waals surface area contributed by atoms with Crippen molar-refractivity contribution in [3.8, 4) is 0 Å². The molecule has 0 spiro atoms. The van der Waals surface area contributed by atoms with Gasteiger partial charge in [0.2, 0.25) is 0 Å². The first-order valence-corrected chi connectivity index (χ1v) is 5.97. The molecule has 0 N–H and O–H groups in total. The van der Waals surface area contributed by atoms with E-state index in [-0.39, 0.29) is 5.41 Å². The van der Waals surface area contributed by atoms with Crippen molar-refractivity contribution in [2.24, 2.45) is 10.8 Å². The van der Waals surface area contributed by atoms with Gasteiger partial charge in [0.05, 0.1) is 0 Å². The smallest absolute Gasteiger partial charge is 0.00985 e. The second kappa shape index (κ2) is 4.45. The van der Waals surface area contributed by atoms with Crippen LogP contribution in [0.15, 0.2) is 36.9 Å². The number of allylic oxidation sites excluding steroid dienone is 1. The molecule has 1 aromatic carbocycles. The van der Waals surface area contributed by atoms with Crippen molar-refractivity contribution >= 4 is 5.57 Å². The molecule has 0 saturated carbocycles. The van der Waals surface area contributed by atoms with E-state index in [1.54, 1.807) is 0 Å². The van der Waals surface area contributed by atoms with E-state index in [1.807, 2.05) is 6.07 Å². The molecule has 0 amide bonds. The third kappa shape index (κ3) is 3.52. The predicted molar refractivity (Wildman–Crippen MR) is 73.3 cm³/mol. The van der Waals surface area contributed by atoms with Gasteiger partial charge in [-0.15, -0.1) is 0 Å². The molecule has 88 valence electrons. The minimum Gasteiger partial charge on any atom is -0.0947 e. The first-order chi connectivity index (χ1) is 7.22. The van der Waals surface area contributed by atoms with Gasteiger partial charge in [-0.3, -0.25) is 0 Å². The van der Waals surface area contributed by atoms with Crippen LogP contribution in [0.2, 0.25) is 0 Å². The van der Waals surface area contributed by atoms with Gasteiger partial charge in [-0.2, -0.15) is 0 Å². The summed E-state index contributed by atoms with van der Waals surface area (Å²) in [5.74, 6) is 0. The summed E-state index contributed by atoms with van der Waals surface area (Å²) >= 11 is 0. The second-order valence-corrected chi connectivity index (χ2v) is 6.47. The Balaban J connectivity index is 2.89. The third-order valence-corrected chi connectivity index (χ3v) is 2.91. The molecule has 0 aliphatic carbocycles. The van der Waals surface area contributed by atoms with Gasteiger partial charge in [0, 0.05) is 0 Å². The molecule has 1 aromatic rings. The van der Waals surface area contributed by atoms with Crippen molar-refractivity contribution in [1.29, 1.82) is 0 Å². The van der Waals surface area contributed by atoms with Crippen LogP contribution in [0.4, 0.5) is 0 Å². The second-order valence-electron chi connectivity index (χ2n) is 6.47. The van der Waals surface area contributed by atoms with E-state index in [0.717, 1.165) is 6.42 Å². The number of hydrogen-bond acceptors (Lipinski definition) is 0. The highest BCUT2D eigenvalue weighted by molar-refractivity contribution is 5.67. The highest BCUT2D eigenvalue weighted by atomic mass is 14.3. The van der Waals surface area contributed by atoms with Gasteiger partial charge >= 0.3 is 0 Å². The highest BCUT2D eigenvalue weighted by Gasteiger charge is 2.28. The van der Waals surface area contributed by atoms with Crippen LogP contribution in [-0.2, 0) is 0 Å². The molecular formula is C16H24. The fourth-order valence-corrected chi connectivity index (χ4v) is 2.46. The zero-order valence-corrected chi connectivity index (χ0v) is 11.3. The molecule has 1 rings (SSSR count). The maximum atomic E-state index is 4.28. The average Bonchev–Trinajstić information content (AvgIpc) is 2.14. The molecule has 0 unspecified atom stereocenters. The van der Waals surface area contributed by atoms with Crippen molar-refractivity contribution in [2.45, 2.75) is 41.0 Å². The Morgan fingerprint density at radius 2 is 1.50 bits per heavy atom. The first kappa shape index (κ1) is 13.0. The molecule has 0 nitrogen and oxygen atoms in total. The molecule has 0 fully saturated rings. The van der Waals surface area contributed by atoms with Gasteiger partial charge in [0.15, 0.2) is 0 Å². The summed E-state index contributed by atoms with van der Waals surface area (Å²) in [5.41, 5.74) is 2.99. The molecule has 0 aromatic heterocycles. The van der Waals surface area contributed by atoms with E-state index in [4.69, 9.17) is 0 Å². The van der Waals surface area contributed by atoms with Gasteiger partial charge in [-0.1, -0.05) is 71.5 Å². The van der Waals surface area contributed by atoms with Crippen LogP contribution in [0.5, 0.6) is 0 Å². The van der Waals surface area contributed by atoms with E-state index in [9.17, 15) is 0 Å². The van der Waals surface area contributed by atoms with Gasteiger partial charge in [0.1, 0.15) is 0 Å². The molecule has 0 atom stereocenters. The predicted octanol–water partition coefficient (Wildman–Crippen LogP) is 5.16. The number of benzene rings is 1. The zero-order chi connectivity index (χ0) is 12.4. The zero-order valence-electron chi connectivity index (χ0n) is 11.3. The Morgan fingerprint density at radius 1 is 1.00 bits per heavy atom. The molecule has 0 bridgehead atoms. The number of rotatable bonds is 3. The van der Waals surface area contributed by atoms with Crippen LogP contribution in [-0.4, -0.2) is 0 Å². The minimum absolute atomic E-state index is 0.152. The Labute approximate surface area is 100 Å². The average molecular weight is 216 g/mol. The SMILES string of the molecule is C=C(c1ccccc1)C(C)(C)CC(C)(C)C. The molecule has 0 heterocycles. The minimum atomic E-state index is 0.152. The van der Waals surface area contributed by atoms with Gasteiger partial charge in [0.25, 0.3) is 0 Å². The lowest BCUT2D eigenvalue weighted by Gasteiger charge is -2.34. The van der Waals surface area contributed by atoms with Crippen molar-refractivity contribution in [1.82, 2.24) is 0 Å². The molecule has 16 heavy (non-hydrogen) atoms. The summed E-state index contributed by atoms with van der Waals surface area (Å²) in [7, 11) is 0. The quantitative estimate of drug-likeness (QED) is 0.654. The number of hydrogen-bond donors (Lipinski definition) is 0. The largest absolute Gasteiger partial charge is 0.0947 e. The van der Waals surface area contributed by atoms with Crippen molar-refractivity contribution in [3.05, 3.63) is 42.5 Å². The molecule has 0 aliphatic rings. The summed E-state index contributed by atoms with van der Waals surface area (Å²) < 4.78 is 0. The fraction of sp³-hybridized carbons (Fsp3) is 0.500. The summed E-state index contributed by atoms with van der Waals surface area (Å²) in [6, 6.07) is 10.5. The molecular weight excluding hydrogens is 192 g/mol. The van der Waals surface area contributed by atoms with E-state index in [1.165, 1.54) is 11.1 Å². The van der Waals surface area contributed by atoms with Crippen LogP contribution >= 0.6 is 0 Å². The Morgan fingerprint density at radius 3 is 1.94 bits per heavy atom. The van der Waals surface area contributed by atoms with Crippen molar-refractivity contribution < 1.29 is 0 Å². The molecule has 0 radical (unpaired) electrons. The summed E-state index contributed by atoms with van der Waals surface area (Å²) in [6.07, 6.45) is 1.15. The van der Waals surface area contributed by atoms with Crippen LogP contribution in [0.3, 0.4) is 0 Å². The summed E-state index contributed by atoms with van der Waals surface area (Å²) in [6.45, 7) is 15.7. The lowest BCUT2D eigenvalue weighted by atomic mass is 9.71. The fourth-order valence-electron chi connectivity index (χ4n) is 2.46. The normalized spacial score (nSPS) is 12.6. The van der Waals surface area contributed by atoms with E-state index in [0.29, 0.717) is 5.41 Å². The van der Waals surface area contributed by atoms with Crippen LogP contribution < -0.4 is 0 Å². The van der Waals surface area contributed by atoms with Gasteiger partial charge in [-0.25, -0.2) is 0 Å². The van der Waals surface area contributed by atoms with Crippen molar-refractivity contribution in [3.63, 3.8) is 0 Å². The summed E-state index contributed by atoms with van der Waals surface area (Å²) in [4.78, 5) is 0. The molecule has 0 aliphatic heterocycles. The Kier molecular flexibility index (Phi) is 3.62. The standard InChI is InChI=1S/C16H24/c1-13(14-10-8-7-9-11-14)16(5,6)12-15(2,3)4/h7-11H,1,12H2,2-6H3. The maximum absolute atomic E-state index is 4.28. The Bertz CT molecular complexity index is 349. The van der Waals surface area contributed by atoms with Crippen LogP contribution in [0.1, 0.15) is 46.6 Å². The van der Waals surface area contributed by atoms with Crippen molar-refractivity contribution in [2.75, 3.05) is 0 Å². The van der Waals surface area contributed by atoms with Gasteiger partial charge in [-0.05, 0) is 28.4 Å². The first-order valence-electron chi connectivity index (χ1n) is 5.97. The third-order valence-electron chi connectivity index (χ3n) is 2.91. The van der Waals surface area contributed by atoms with Crippen LogP contribution in [0.25, 0.3) is 5.57 Å². The lowest BCUT2D eigenvalue weighted by Crippen LogP contribution is -2.21. The Hall–Kier alpha value is -1.04. The topological polar surface area (TPSA) is 0 Å². The van der Waals surface area contributed by atoms with Gasteiger partial charge < -0.3 is 0 Å². The molecule has 0 heteroatoms. The van der Waals surface area contributed by atoms with E-state index >= 15 is 0 Å². The lowest BCUT2D eigenvalue weighted by molar-refractivity contribution is 0.271. The van der Waals surface area contributed by atoms with Crippen LogP contribution in [0, 0.1) is 10.8 Å². The van der Waals surface area contributed by atoms with E-state index in [2.05, 4.69) is 65.5 Å². The monoisotopic (exact) mass is 216 g/mol. The molecule has 0 saturated heterocycles.